The smallest absolute Gasteiger partial charge is 0.321 e. The molecule has 0 aliphatic rings. The van der Waals surface area contributed by atoms with E-state index in [1.807, 2.05) is 19.2 Å². The largest absolute Gasteiger partial charge is 0.332 e. The molecule has 0 aliphatic carbocycles. The number of hydrogen-bond donors (Lipinski definition) is 2. The number of urea groups is 1. The van der Waals surface area contributed by atoms with Crippen LogP contribution in [-0.2, 0) is 13.0 Å². The van der Waals surface area contributed by atoms with Crippen LogP contribution in [0.1, 0.15) is 24.1 Å². The molecule has 0 atom stereocenters. The molecule has 2 N–H and O–H groups in total. The molecule has 2 rings (SSSR count). The number of hydrogen-bond acceptors (Lipinski definition) is 5. The number of thiazole rings is 1. The van der Waals surface area contributed by atoms with Crippen LogP contribution >= 0.6 is 11.3 Å². The standard InChI is InChI=1S/C12H15N5OS/c1-3-9-7-19-12(16-9)17-11(18)14-6-10-4-5-13-8(2)15-10/h4-5,7H,3,6H2,1-2H3,(H2,14,16,17,18). The monoisotopic (exact) mass is 277 g/mol. The molecule has 0 saturated carbocycles. The third-order valence-electron chi connectivity index (χ3n) is 2.40. The second-order valence-corrected chi connectivity index (χ2v) is 4.76. The van der Waals surface area contributed by atoms with Gasteiger partial charge in [-0.05, 0) is 19.4 Å². The Morgan fingerprint density at radius 1 is 1.37 bits per heavy atom. The highest BCUT2D eigenvalue weighted by molar-refractivity contribution is 7.13. The number of aryl methyl sites for hydroxylation is 2. The van der Waals surface area contributed by atoms with E-state index in [-0.39, 0.29) is 6.03 Å². The maximum atomic E-state index is 11.7. The second-order valence-electron chi connectivity index (χ2n) is 3.90. The quantitative estimate of drug-likeness (QED) is 0.897. The third kappa shape index (κ3) is 3.99. The van der Waals surface area contributed by atoms with Gasteiger partial charge in [-0.15, -0.1) is 11.3 Å². The summed E-state index contributed by atoms with van der Waals surface area (Å²) >= 11 is 1.42. The highest BCUT2D eigenvalue weighted by atomic mass is 32.1. The van der Waals surface area contributed by atoms with Crippen molar-refractivity contribution in [1.29, 1.82) is 0 Å². The summed E-state index contributed by atoms with van der Waals surface area (Å²) in [6.07, 6.45) is 2.53. The van der Waals surface area contributed by atoms with Crippen LogP contribution in [0.4, 0.5) is 9.93 Å². The van der Waals surface area contributed by atoms with Crippen LogP contribution in [0.2, 0.25) is 0 Å². The van der Waals surface area contributed by atoms with Gasteiger partial charge in [-0.25, -0.2) is 19.7 Å². The Hall–Kier alpha value is -2.02. The van der Waals surface area contributed by atoms with Crippen LogP contribution in [0.3, 0.4) is 0 Å². The first-order valence-electron chi connectivity index (χ1n) is 5.95. The summed E-state index contributed by atoms with van der Waals surface area (Å²) in [5, 5.41) is 7.96. The summed E-state index contributed by atoms with van der Waals surface area (Å²) in [7, 11) is 0. The van der Waals surface area contributed by atoms with E-state index in [4.69, 9.17) is 0 Å². The number of aromatic nitrogens is 3. The van der Waals surface area contributed by atoms with Crippen molar-refractivity contribution in [3.05, 3.63) is 34.9 Å². The number of rotatable bonds is 4. The van der Waals surface area contributed by atoms with Crippen LogP contribution in [-0.4, -0.2) is 21.0 Å². The van der Waals surface area contributed by atoms with Gasteiger partial charge in [0.15, 0.2) is 5.13 Å². The molecule has 19 heavy (non-hydrogen) atoms. The van der Waals surface area contributed by atoms with Crippen LogP contribution in [0.25, 0.3) is 0 Å². The molecule has 0 aromatic carbocycles. The van der Waals surface area contributed by atoms with E-state index >= 15 is 0 Å². The Labute approximate surface area is 115 Å². The summed E-state index contributed by atoms with van der Waals surface area (Å²) in [5.41, 5.74) is 1.75. The number of carbonyl (C=O) groups is 1. The van der Waals surface area contributed by atoms with Crippen molar-refractivity contribution in [2.75, 3.05) is 5.32 Å². The first kappa shape index (κ1) is 13.4. The van der Waals surface area contributed by atoms with Gasteiger partial charge in [0, 0.05) is 11.6 Å². The van der Waals surface area contributed by atoms with E-state index in [9.17, 15) is 4.79 Å². The SMILES string of the molecule is CCc1csc(NC(=O)NCc2ccnc(C)n2)n1. The molecule has 6 nitrogen and oxygen atoms in total. The topological polar surface area (TPSA) is 79.8 Å². The van der Waals surface area contributed by atoms with E-state index in [2.05, 4.69) is 25.6 Å². The highest BCUT2D eigenvalue weighted by Gasteiger charge is 2.05. The van der Waals surface area contributed by atoms with Crippen molar-refractivity contribution in [1.82, 2.24) is 20.3 Å². The predicted octanol–water partition coefficient (Wildman–Crippen LogP) is 2.13. The summed E-state index contributed by atoms with van der Waals surface area (Å²) in [4.78, 5) is 24.1. The van der Waals surface area contributed by atoms with Gasteiger partial charge in [-0.2, -0.15) is 0 Å². The van der Waals surface area contributed by atoms with E-state index in [0.29, 0.717) is 17.5 Å². The molecule has 0 bridgehead atoms. The molecule has 0 radical (unpaired) electrons. The Balaban J connectivity index is 1.84. The number of nitrogens with one attached hydrogen (secondary N) is 2. The van der Waals surface area contributed by atoms with Crippen LogP contribution in [0.5, 0.6) is 0 Å². The zero-order chi connectivity index (χ0) is 13.7. The first-order valence-corrected chi connectivity index (χ1v) is 6.83. The zero-order valence-electron chi connectivity index (χ0n) is 10.8. The van der Waals surface area contributed by atoms with Gasteiger partial charge in [0.25, 0.3) is 0 Å². The number of anilines is 1. The summed E-state index contributed by atoms with van der Waals surface area (Å²) in [6, 6.07) is 1.49. The number of nitrogens with zero attached hydrogens (tertiary/aromatic N) is 3. The van der Waals surface area contributed by atoms with Gasteiger partial charge >= 0.3 is 6.03 Å². The predicted molar refractivity (Wildman–Crippen MR) is 74.1 cm³/mol. The molecule has 2 aromatic rings. The van der Waals surface area contributed by atoms with Crippen molar-refractivity contribution >= 4 is 22.5 Å². The molecule has 0 aliphatic heterocycles. The second kappa shape index (κ2) is 6.24. The first-order chi connectivity index (χ1) is 9.17. The maximum absolute atomic E-state index is 11.7. The molecule has 0 fully saturated rings. The third-order valence-corrected chi connectivity index (χ3v) is 3.20. The van der Waals surface area contributed by atoms with Crippen molar-refractivity contribution in [2.24, 2.45) is 0 Å². The lowest BCUT2D eigenvalue weighted by Crippen LogP contribution is -2.28. The average Bonchev–Trinajstić information content (AvgIpc) is 2.84. The van der Waals surface area contributed by atoms with Gasteiger partial charge in [0.1, 0.15) is 5.82 Å². The molecular weight excluding hydrogens is 262 g/mol. The van der Waals surface area contributed by atoms with Gasteiger partial charge in [-0.3, -0.25) is 5.32 Å². The van der Waals surface area contributed by atoms with Crippen molar-refractivity contribution in [3.8, 4) is 0 Å². The fourth-order valence-corrected chi connectivity index (χ4v) is 2.23. The lowest BCUT2D eigenvalue weighted by Gasteiger charge is -2.05. The molecular formula is C12H15N5OS. The Morgan fingerprint density at radius 2 is 2.21 bits per heavy atom. The Kier molecular flexibility index (Phi) is 4.40. The van der Waals surface area contributed by atoms with Gasteiger partial charge < -0.3 is 5.32 Å². The molecule has 2 heterocycles. The fraction of sp³-hybridized carbons (Fsp3) is 0.333. The van der Waals surface area contributed by atoms with Crippen LogP contribution in [0.15, 0.2) is 17.6 Å². The molecule has 100 valence electrons. The zero-order valence-corrected chi connectivity index (χ0v) is 11.6. The van der Waals surface area contributed by atoms with Crippen molar-refractivity contribution < 1.29 is 4.79 Å². The van der Waals surface area contributed by atoms with Crippen LogP contribution in [0, 0.1) is 6.92 Å². The van der Waals surface area contributed by atoms with Gasteiger partial charge in [-0.1, -0.05) is 6.92 Å². The minimum absolute atomic E-state index is 0.284. The van der Waals surface area contributed by atoms with Gasteiger partial charge in [0.2, 0.25) is 0 Å². The maximum Gasteiger partial charge on any atom is 0.321 e. The summed E-state index contributed by atoms with van der Waals surface area (Å²) in [6.45, 7) is 4.20. The normalized spacial score (nSPS) is 10.2. The number of carbonyl (C=O) groups excluding carboxylic acids is 1. The van der Waals surface area contributed by atoms with E-state index in [1.54, 1.807) is 12.3 Å². The molecule has 7 heteroatoms. The molecule has 2 aromatic heterocycles. The summed E-state index contributed by atoms with van der Waals surface area (Å²) in [5.74, 6) is 0.687. The summed E-state index contributed by atoms with van der Waals surface area (Å²) < 4.78 is 0. The van der Waals surface area contributed by atoms with E-state index in [1.165, 1.54) is 11.3 Å². The lowest BCUT2D eigenvalue weighted by molar-refractivity contribution is 0.251. The fourth-order valence-electron chi connectivity index (χ4n) is 1.44. The molecule has 0 saturated heterocycles. The number of amides is 2. The molecule has 0 unspecified atom stereocenters. The van der Waals surface area contributed by atoms with Crippen molar-refractivity contribution in [3.63, 3.8) is 0 Å². The van der Waals surface area contributed by atoms with E-state index < -0.39 is 0 Å². The van der Waals surface area contributed by atoms with Gasteiger partial charge in [0.05, 0.1) is 17.9 Å². The van der Waals surface area contributed by atoms with Crippen LogP contribution < -0.4 is 10.6 Å². The Bertz CT molecular complexity index is 569. The average molecular weight is 277 g/mol. The Morgan fingerprint density at radius 3 is 2.89 bits per heavy atom. The molecule has 2 amide bonds. The minimum atomic E-state index is -0.284. The molecule has 0 spiro atoms. The lowest BCUT2D eigenvalue weighted by atomic mass is 10.4. The van der Waals surface area contributed by atoms with E-state index in [0.717, 1.165) is 17.8 Å². The highest BCUT2D eigenvalue weighted by Crippen LogP contribution is 2.15. The minimum Gasteiger partial charge on any atom is -0.332 e. The van der Waals surface area contributed by atoms with Crippen molar-refractivity contribution in [2.45, 2.75) is 26.8 Å².